The first kappa shape index (κ1) is 11.7. The van der Waals surface area contributed by atoms with Gasteiger partial charge in [-0.25, -0.2) is 0 Å². The van der Waals surface area contributed by atoms with E-state index in [2.05, 4.69) is 63.0 Å². The molecule has 2 heteroatoms. The van der Waals surface area contributed by atoms with Crippen LogP contribution in [-0.4, -0.2) is 3.23 Å². The monoisotopic (exact) mass is 330 g/mol. The Kier molecular flexibility index (Phi) is 3.56. The van der Waals surface area contributed by atoms with Gasteiger partial charge in [0.1, 0.15) is 0 Å². The van der Waals surface area contributed by atoms with Crippen LogP contribution in [0.1, 0.15) is 43.2 Å². The molecule has 0 saturated heterocycles. The van der Waals surface area contributed by atoms with E-state index in [-0.39, 0.29) is 3.23 Å². The lowest BCUT2D eigenvalue weighted by molar-refractivity contribution is 0.794. The van der Waals surface area contributed by atoms with Crippen LogP contribution in [-0.2, 0) is 6.42 Å². The van der Waals surface area contributed by atoms with Crippen LogP contribution in [0.25, 0.3) is 0 Å². The molecular weight excluding hydrogens is 316 g/mol. The lowest BCUT2D eigenvalue weighted by Gasteiger charge is -2.04. The second-order valence-electron chi connectivity index (χ2n) is 4.36. The zero-order valence-corrected chi connectivity index (χ0v) is 12.1. The van der Waals surface area contributed by atoms with E-state index in [9.17, 15) is 0 Å². The van der Waals surface area contributed by atoms with Crippen LogP contribution in [0.5, 0.6) is 0 Å². The molecule has 15 heavy (non-hydrogen) atoms. The van der Waals surface area contributed by atoms with E-state index in [1.807, 2.05) is 0 Å². The van der Waals surface area contributed by atoms with E-state index < -0.39 is 0 Å². The van der Waals surface area contributed by atoms with Crippen molar-refractivity contribution in [1.29, 1.82) is 0 Å². The summed E-state index contributed by atoms with van der Waals surface area (Å²) < 4.78 is 0.185. The first-order valence-corrected chi connectivity index (χ1v) is 7.19. The molecule has 0 bridgehead atoms. The summed E-state index contributed by atoms with van der Waals surface area (Å²) in [6.45, 7) is 2.24. The lowest BCUT2D eigenvalue weighted by atomic mass is 10.0. The van der Waals surface area contributed by atoms with Crippen molar-refractivity contribution >= 4 is 31.9 Å². The first-order valence-electron chi connectivity index (χ1n) is 5.60. The maximum absolute atomic E-state index is 3.67. The normalized spacial score (nSPS) is 22.7. The molecule has 0 aromatic heterocycles. The van der Waals surface area contributed by atoms with Crippen LogP contribution in [0, 0.1) is 0 Å². The third kappa shape index (κ3) is 2.85. The van der Waals surface area contributed by atoms with Crippen LogP contribution in [0.4, 0.5) is 0 Å². The Morgan fingerprint density at radius 1 is 1.27 bits per heavy atom. The van der Waals surface area contributed by atoms with E-state index in [0.29, 0.717) is 5.92 Å². The van der Waals surface area contributed by atoms with Gasteiger partial charge in [0.05, 0.1) is 3.23 Å². The number of hydrogen-bond acceptors (Lipinski definition) is 0. The van der Waals surface area contributed by atoms with Crippen molar-refractivity contribution in [3.05, 3.63) is 35.4 Å². The molecule has 2 rings (SSSR count). The summed E-state index contributed by atoms with van der Waals surface area (Å²) in [7, 11) is 0. The molecule has 1 unspecified atom stereocenters. The zero-order valence-electron chi connectivity index (χ0n) is 8.97. The smallest absolute Gasteiger partial charge is 0.0720 e. The van der Waals surface area contributed by atoms with E-state index in [1.54, 1.807) is 0 Å². The Balaban J connectivity index is 1.99. The summed E-state index contributed by atoms with van der Waals surface area (Å²) in [6, 6.07) is 9.11. The molecule has 1 saturated carbocycles. The van der Waals surface area contributed by atoms with Crippen molar-refractivity contribution in [3.8, 4) is 0 Å². The molecule has 1 aromatic carbocycles. The highest BCUT2D eigenvalue weighted by Gasteiger charge is 2.50. The summed E-state index contributed by atoms with van der Waals surface area (Å²) in [6.07, 6.45) is 4.98. The minimum atomic E-state index is 0.185. The molecule has 1 fully saturated rings. The Morgan fingerprint density at radius 3 is 2.33 bits per heavy atom. The van der Waals surface area contributed by atoms with Gasteiger partial charge >= 0.3 is 0 Å². The molecule has 1 aromatic rings. The van der Waals surface area contributed by atoms with Gasteiger partial charge in [-0.2, -0.15) is 0 Å². The van der Waals surface area contributed by atoms with E-state index in [4.69, 9.17) is 0 Å². The molecular formula is C13H16Br2. The van der Waals surface area contributed by atoms with E-state index in [1.165, 1.54) is 36.8 Å². The zero-order chi connectivity index (χ0) is 10.9. The number of halogens is 2. The van der Waals surface area contributed by atoms with Gasteiger partial charge < -0.3 is 0 Å². The van der Waals surface area contributed by atoms with Gasteiger partial charge in [0, 0.05) is 5.92 Å². The van der Waals surface area contributed by atoms with Gasteiger partial charge in [0.15, 0.2) is 0 Å². The average Bonchev–Trinajstić information content (AvgIpc) is 2.86. The first-order chi connectivity index (χ1) is 7.13. The number of benzene rings is 1. The summed E-state index contributed by atoms with van der Waals surface area (Å²) in [5, 5.41) is 0. The molecule has 82 valence electrons. The number of hydrogen-bond donors (Lipinski definition) is 0. The topological polar surface area (TPSA) is 0 Å². The predicted molar refractivity (Wildman–Crippen MR) is 73.0 cm³/mol. The Morgan fingerprint density at radius 2 is 1.87 bits per heavy atom. The molecule has 0 spiro atoms. The van der Waals surface area contributed by atoms with E-state index >= 15 is 0 Å². The standard InChI is InChI=1S/C13H16Br2/c1-2-3-4-10-5-7-11(8-6-10)12-9-13(12,14)15/h5-8,12H,2-4,9H2,1H3. The van der Waals surface area contributed by atoms with Gasteiger partial charge in [0.2, 0.25) is 0 Å². The summed E-state index contributed by atoms with van der Waals surface area (Å²) in [4.78, 5) is 0. The van der Waals surface area contributed by atoms with Gasteiger partial charge in [-0.05, 0) is 30.4 Å². The molecule has 0 heterocycles. The SMILES string of the molecule is CCCCc1ccc(C2CC2(Br)Br)cc1. The summed E-state index contributed by atoms with van der Waals surface area (Å²) >= 11 is 7.33. The Labute approximate surface area is 109 Å². The van der Waals surface area contributed by atoms with Gasteiger partial charge in [-0.3, -0.25) is 0 Å². The fraction of sp³-hybridized carbons (Fsp3) is 0.538. The Hall–Kier alpha value is 0.180. The highest BCUT2D eigenvalue weighted by Crippen LogP contribution is 2.62. The summed E-state index contributed by atoms with van der Waals surface area (Å²) in [5.41, 5.74) is 2.92. The van der Waals surface area contributed by atoms with Crippen molar-refractivity contribution in [3.63, 3.8) is 0 Å². The lowest BCUT2D eigenvalue weighted by Crippen LogP contribution is -1.90. The van der Waals surface area contributed by atoms with Crippen molar-refractivity contribution < 1.29 is 0 Å². The van der Waals surface area contributed by atoms with Crippen molar-refractivity contribution in [2.24, 2.45) is 0 Å². The van der Waals surface area contributed by atoms with E-state index in [0.717, 1.165) is 0 Å². The Bertz CT molecular complexity index is 327. The third-order valence-electron chi connectivity index (χ3n) is 3.03. The highest BCUT2D eigenvalue weighted by atomic mass is 79.9. The molecule has 1 atom stereocenters. The maximum atomic E-state index is 3.67. The molecule has 1 aliphatic carbocycles. The second kappa shape index (κ2) is 4.58. The van der Waals surface area contributed by atoms with Crippen molar-refractivity contribution in [2.45, 2.75) is 41.8 Å². The maximum Gasteiger partial charge on any atom is 0.0881 e. The van der Waals surface area contributed by atoms with Crippen LogP contribution in [0.3, 0.4) is 0 Å². The summed E-state index contributed by atoms with van der Waals surface area (Å²) in [5.74, 6) is 0.651. The molecule has 0 nitrogen and oxygen atoms in total. The van der Waals surface area contributed by atoms with Crippen LogP contribution in [0.2, 0.25) is 0 Å². The molecule has 0 aliphatic heterocycles. The fourth-order valence-corrected chi connectivity index (χ4v) is 3.05. The largest absolute Gasteiger partial charge is 0.0881 e. The number of rotatable bonds is 4. The predicted octanol–water partition coefficient (Wildman–Crippen LogP) is 5.00. The van der Waals surface area contributed by atoms with Crippen molar-refractivity contribution in [2.75, 3.05) is 0 Å². The molecule has 0 N–H and O–H groups in total. The number of aryl methyl sites for hydroxylation is 1. The number of unbranched alkanes of at least 4 members (excludes halogenated alkanes) is 1. The third-order valence-corrected chi connectivity index (χ3v) is 4.78. The van der Waals surface area contributed by atoms with Crippen LogP contribution in [0.15, 0.2) is 24.3 Å². The quantitative estimate of drug-likeness (QED) is 0.681. The van der Waals surface area contributed by atoms with Gasteiger partial charge in [-0.1, -0.05) is 69.5 Å². The molecule has 1 aliphatic rings. The van der Waals surface area contributed by atoms with Crippen LogP contribution >= 0.6 is 31.9 Å². The van der Waals surface area contributed by atoms with Crippen LogP contribution < -0.4 is 0 Å². The van der Waals surface area contributed by atoms with Gasteiger partial charge in [0.25, 0.3) is 0 Å². The minimum Gasteiger partial charge on any atom is -0.0720 e. The molecule has 0 amide bonds. The number of alkyl halides is 2. The molecule has 0 radical (unpaired) electrons. The fourth-order valence-electron chi connectivity index (χ4n) is 1.87. The van der Waals surface area contributed by atoms with Crippen molar-refractivity contribution in [1.82, 2.24) is 0 Å². The second-order valence-corrected chi connectivity index (χ2v) is 8.26. The highest BCUT2D eigenvalue weighted by molar-refractivity contribution is 9.25. The minimum absolute atomic E-state index is 0.185. The average molecular weight is 332 g/mol. The van der Waals surface area contributed by atoms with Gasteiger partial charge in [-0.15, -0.1) is 0 Å².